The number of unbranched alkanes of at least 4 members (excludes halogenated alkanes) is 4. The summed E-state index contributed by atoms with van der Waals surface area (Å²) in [6, 6.07) is 0. The molecule has 0 saturated heterocycles. The van der Waals surface area contributed by atoms with Crippen molar-refractivity contribution in [3.8, 4) is 0 Å². The molecule has 0 fully saturated rings. The molecule has 2 nitrogen and oxygen atoms in total. The molecule has 0 spiro atoms. The molecule has 0 bridgehead atoms. The largest absolute Gasteiger partial charge is 0.469 e. The number of esters is 1. The van der Waals surface area contributed by atoms with E-state index in [1.54, 1.807) is 0 Å². The van der Waals surface area contributed by atoms with Gasteiger partial charge in [-0.25, -0.2) is 0 Å². The van der Waals surface area contributed by atoms with Gasteiger partial charge in [0.2, 0.25) is 0 Å². The van der Waals surface area contributed by atoms with Crippen LogP contribution in [0.2, 0.25) is 0 Å². The number of ether oxygens (including phenoxy) is 1. The summed E-state index contributed by atoms with van der Waals surface area (Å²) in [4.78, 5) is 10.8. The van der Waals surface area contributed by atoms with Crippen LogP contribution < -0.4 is 0 Å². The van der Waals surface area contributed by atoms with Gasteiger partial charge in [-0.1, -0.05) is 25.7 Å². The Morgan fingerprint density at radius 2 is 1.75 bits per heavy atom. The lowest BCUT2D eigenvalue weighted by Crippen LogP contribution is -1.99. The molecule has 0 unspecified atom stereocenters. The molecule has 0 atom stereocenters. The van der Waals surface area contributed by atoms with Crippen molar-refractivity contribution in [3.63, 3.8) is 0 Å². The summed E-state index contributed by atoms with van der Waals surface area (Å²) in [6.45, 7) is 0. The fraction of sp³-hybridized carbons (Fsp3) is 0.750. The van der Waals surface area contributed by atoms with E-state index in [4.69, 9.17) is 0 Å². The molecule has 1 aliphatic rings. The summed E-state index contributed by atoms with van der Waals surface area (Å²) in [5, 5.41) is 4.37. The van der Waals surface area contributed by atoms with E-state index in [0.717, 1.165) is 17.4 Å². The lowest BCUT2D eigenvalue weighted by Gasteiger charge is -2.06. The predicted molar refractivity (Wildman–Crippen MR) is 72.4 cm³/mol. The molecule has 0 aromatic rings. The summed E-state index contributed by atoms with van der Waals surface area (Å²) in [5.74, 6) is -0.0789. The second kappa shape index (κ2) is 8.99. The zero-order valence-electron chi connectivity index (χ0n) is 9.81. The van der Waals surface area contributed by atoms with E-state index in [1.807, 2.05) is 23.5 Å². The zero-order valence-corrected chi connectivity index (χ0v) is 11.4. The van der Waals surface area contributed by atoms with E-state index in [0.29, 0.717) is 6.42 Å². The molecule has 0 radical (unpaired) electrons. The molecular formula is C12H20O2S2. The molecule has 0 saturated carbocycles. The van der Waals surface area contributed by atoms with Crippen molar-refractivity contribution >= 4 is 29.5 Å². The average Bonchev–Trinajstić information content (AvgIpc) is 2.80. The highest BCUT2D eigenvalue weighted by molar-refractivity contribution is 8.22. The first-order valence-electron chi connectivity index (χ1n) is 5.85. The molecule has 1 heterocycles. The minimum absolute atomic E-state index is 0.0789. The quantitative estimate of drug-likeness (QED) is 0.483. The predicted octanol–water partition coefficient (Wildman–Crippen LogP) is 4.17. The molecule has 0 N–H and O–H groups in total. The van der Waals surface area contributed by atoms with E-state index >= 15 is 0 Å². The Kier molecular flexibility index (Phi) is 7.85. The van der Waals surface area contributed by atoms with Crippen molar-refractivity contribution < 1.29 is 9.53 Å². The molecule has 0 aromatic carbocycles. The Morgan fingerprint density at radius 3 is 2.44 bits per heavy atom. The van der Waals surface area contributed by atoms with Gasteiger partial charge >= 0.3 is 5.97 Å². The summed E-state index contributed by atoms with van der Waals surface area (Å²) >= 11 is 3.88. The van der Waals surface area contributed by atoms with Gasteiger partial charge in [0.25, 0.3) is 0 Å². The Bertz CT molecular complexity index is 221. The van der Waals surface area contributed by atoms with Gasteiger partial charge in [0.05, 0.1) is 11.7 Å². The first kappa shape index (κ1) is 14.0. The minimum atomic E-state index is -0.0789. The fourth-order valence-corrected chi connectivity index (χ4v) is 3.73. The van der Waals surface area contributed by atoms with Gasteiger partial charge in [0, 0.05) is 6.42 Å². The van der Waals surface area contributed by atoms with E-state index in [-0.39, 0.29) is 5.97 Å². The molecule has 1 rings (SSSR count). The lowest BCUT2D eigenvalue weighted by atomic mass is 10.1. The highest BCUT2D eigenvalue weighted by Gasteiger charge is 2.10. The smallest absolute Gasteiger partial charge is 0.305 e. The van der Waals surface area contributed by atoms with E-state index in [9.17, 15) is 4.79 Å². The Balaban J connectivity index is 1.79. The van der Waals surface area contributed by atoms with Gasteiger partial charge in [0.15, 0.2) is 0 Å². The van der Waals surface area contributed by atoms with Crippen molar-refractivity contribution in [2.45, 2.75) is 49.5 Å². The number of methoxy groups -OCH3 is 1. The number of rotatable bonds is 8. The molecule has 0 amide bonds. The maximum absolute atomic E-state index is 10.8. The van der Waals surface area contributed by atoms with Crippen LogP contribution in [0.1, 0.15) is 44.9 Å². The summed E-state index contributed by atoms with van der Waals surface area (Å²) in [6.07, 6.45) is 7.85. The molecular weight excluding hydrogens is 240 g/mol. The number of thioether (sulfide) groups is 2. The second-order valence-corrected chi connectivity index (χ2v) is 6.38. The average molecular weight is 260 g/mol. The van der Waals surface area contributed by atoms with Crippen LogP contribution in [0.15, 0.2) is 10.8 Å². The molecule has 1 aliphatic heterocycles. The molecule has 0 aromatic heterocycles. The number of hydrogen-bond acceptors (Lipinski definition) is 4. The van der Waals surface area contributed by atoms with Crippen LogP contribution in [0.4, 0.5) is 0 Å². The van der Waals surface area contributed by atoms with Crippen molar-refractivity contribution in [2.75, 3.05) is 7.11 Å². The van der Waals surface area contributed by atoms with Crippen molar-refractivity contribution in [3.05, 3.63) is 10.8 Å². The van der Waals surface area contributed by atoms with Crippen LogP contribution in [0.5, 0.6) is 0 Å². The summed E-state index contributed by atoms with van der Waals surface area (Å²) < 4.78 is 5.35. The maximum atomic E-state index is 10.8. The monoisotopic (exact) mass is 260 g/mol. The van der Waals surface area contributed by atoms with Gasteiger partial charge in [-0.15, -0.1) is 23.5 Å². The standard InChI is InChI=1S/C12H20O2S2/c1-14-11(13)7-5-3-2-4-6-8-12-15-9-10-16-12/h9-10,12H,2-8H2,1H3. The van der Waals surface area contributed by atoms with Gasteiger partial charge in [-0.2, -0.15) is 0 Å². The SMILES string of the molecule is COC(=O)CCCCCCCC1SC=CS1. The summed E-state index contributed by atoms with van der Waals surface area (Å²) in [7, 11) is 1.45. The van der Waals surface area contributed by atoms with Crippen LogP contribution >= 0.6 is 23.5 Å². The number of carbonyl (C=O) groups is 1. The van der Waals surface area contributed by atoms with Gasteiger partial charge < -0.3 is 4.74 Å². The number of carbonyl (C=O) groups excluding carboxylic acids is 1. The Morgan fingerprint density at radius 1 is 1.12 bits per heavy atom. The van der Waals surface area contributed by atoms with E-state index in [2.05, 4.69) is 15.6 Å². The molecule has 92 valence electrons. The lowest BCUT2D eigenvalue weighted by molar-refractivity contribution is -0.140. The van der Waals surface area contributed by atoms with E-state index in [1.165, 1.54) is 32.8 Å². The van der Waals surface area contributed by atoms with Crippen LogP contribution in [0.25, 0.3) is 0 Å². The van der Waals surface area contributed by atoms with Gasteiger partial charge in [0.1, 0.15) is 0 Å². The van der Waals surface area contributed by atoms with Gasteiger partial charge in [-0.3, -0.25) is 4.79 Å². The zero-order chi connectivity index (χ0) is 11.6. The summed E-state index contributed by atoms with van der Waals surface area (Å²) in [5.41, 5.74) is 0. The highest BCUT2D eigenvalue weighted by atomic mass is 32.2. The van der Waals surface area contributed by atoms with E-state index < -0.39 is 0 Å². The third-order valence-corrected chi connectivity index (χ3v) is 5.07. The Labute approximate surface area is 107 Å². The third-order valence-electron chi connectivity index (χ3n) is 2.56. The van der Waals surface area contributed by atoms with Crippen molar-refractivity contribution in [1.82, 2.24) is 0 Å². The topological polar surface area (TPSA) is 26.3 Å². The van der Waals surface area contributed by atoms with Crippen LogP contribution in [-0.2, 0) is 9.53 Å². The van der Waals surface area contributed by atoms with Gasteiger partial charge in [-0.05, 0) is 23.7 Å². The first-order valence-corrected chi connectivity index (χ1v) is 7.74. The Hall–Kier alpha value is -0.0900. The second-order valence-electron chi connectivity index (χ2n) is 3.86. The number of hydrogen-bond donors (Lipinski definition) is 0. The molecule has 4 heteroatoms. The van der Waals surface area contributed by atoms with Crippen molar-refractivity contribution in [2.24, 2.45) is 0 Å². The van der Waals surface area contributed by atoms with Crippen molar-refractivity contribution in [1.29, 1.82) is 0 Å². The molecule has 16 heavy (non-hydrogen) atoms. The first-order chi connectivity index (χ1) is 7.83. The van der Waals surface area contributed by atoms with Crippen LogP contribution in [-0.4, -0.2) is 17.7 Å². The van der Waals surface area contributed by atoms with Crippen LogP contribution in [0.3, 0.4) is 0 Å². The maximum Gasteiger partial charge on any atom is 0.305 e. The fourth-order valence-electron chi connectivity index (χ4n) is 1.62. The highest BCUT2D eigenvalue weighted by Crippen LogP contribution is 2.36. The normalized spacial score (nSPS) is 15.6. The minimum Gasteiger partial charge on any atom is -0.469 e. The van der Waals surface area contributed by atoms with Crippen LogP contribution in [0, 0.1) is 0 Å². The third kappa shape index (κ3) is 6.48. The molecule has 0 aliphatic carbocycles.